The fourth-order valence-corrected chi connectivity index (χ4v) is 2.15. The summed E-state index contributed by atoms with van der Waals surface area (Å²) in [5.41, 5.74) is 8.02. The van der Waals surface area contributed by atoms with Crippen molar-refractivity contribution in [3.8, 4) is 0 Å². The summed E-state index contributed by atoms with van der Waals surface area (Å²) in [6.07, 6.45) is 5.73. The van der Waals surface area contributed by atoms with Crippen LogP contribution in [0.2, 0.25) is 0 Å². The Morgan fingerprint density at radius 2 is 2.42 bits per heavy atom. The van der Waals surface area contributed by atoms with Gasteiger partial charge in [-0.3, -0.25) is 4.57 Å². The van der Waals surface area contributed by atoms with Gasteiger partial charge in [0.25, 0.3) is 0 Å². The molecule has 0 bridgehead atoms. The monoisotopic (exact) mass is 280 g/mol. The van der Waals surface area contributed by atoms with E-state index in [1.807, 2.05) is 6.20 Å². The molecule has 3 rings (SSSR count). The minimum atomic E-state index is -2.53. The van der Waals surface area contributed by atoms with Gasteiger partial charge in [0.1, 0.15) is 19.3 Å². The van der Waals surface area contributed by atoms with Gasteiger partial charge in [0.15, 0.2) is 17.0 Å². The lowest BCUT2D eigenvalue weighted by atomic mass is 10.4. The predicted molar refractivity (Wildman–Crippen MR) is 67.9 cm³/mol. The number of imidazole rings is 1. The Bertz CT molecular complexity index is 683. The molecule has 9 heteroatoms. The Morgan fingerprint density at radius 3 is 3.21 bits per heavy atom. The van der Waals surface area contributed by atoms with Crippen LogP contribution >= 0.6 is 8.25 Å². The summed E-state index contributed by atoms with van der Waals surface area (Å²) in [5.74, 6) is 0.526. The first kappa shape index (κ1) is 12.2. The van der Waals surface area contributed by atoms with E-state index in [9.17, 15) is 4.57 Å². The van der Waals surface area contributed by atoms with E-state index < -0.39 is 8.25 Å². The largest absolute Gasteiger partial charge is 0.694 e. The van der Waals surface area contributed by atoms with E-state index in [2.05, 4.69) is 19.5 Å². The zero-order chi connectivity index (χ0) is 13.4. The summed E-state index contributed by atoms with van der Waals surface area (Å²) >= 11 is 0. The number of nitrogen functional groups attached to an aromatic ring is 1. The lowest BCUT2D eigenvalue weighted by molar-refractivity contribution is 0.272. The minimum Gasteiger partial charge on any atom is -0.382 e. The normalized spacial score (nSPS) is 21.0. The lowest BCUT2D eigenvalue weighted by Crippen LogP contribution is -1.94. The Morgan fingerprint density at radius 1 is 1.58 bits per heavy atom. The summed E-state index contributed by atoms with van der Waals surface area (Å²) in [6, 6.07) is 0. The van der Waals surface area contributed by atoms with Gasteiger partial charge in [0.05, 0.1) is 0 Å². The van der Waals surface area contributed by atoms with Crippen LogP contribution in [0.4, 0.5) is 5.82 Å². The SMILES string of the molecule is Nc1ncnc2c1ncn2/C=C1\CC1CO[P+](=O)O. The van der Waals surface area contributed by atoms with Crippen LogP contribution in [0.3, 0.4) is 0 Å². The molecule has 0 aliphatic heterocycles. The average Bonchev–Trinajstić information content (AvgIpc) is 2.98. The number of anilines is 1. The third-order valence-electron chi connectivity index (χ3n) is 2.92. The van der Waals surface area contributed by atoms with Gasteiger partial charge in [-0.05, 0) is 12.0 Å². The molecule has 98 valence electrons. The van der Waals surface area contributed by atoms with Crippen LogP contribution in [-0.2, 0) is 9.09 Å². The number of hydrogen-bond donors (Lipinski definition) is 2. The van der Waals surface area contributed by atoms with E-state index >= 15 is 0 Å². The van der Waals surface area contributed by atoms with Gasteiger partial charge in [0.2, 0.25) is 0 Å². The van der Waals surface area contributed by atoms with Crippen LogP contribution in [0, 0.1) is 5.92 Å². The van der Waals surface area contributed by atoms with Crippen LogP contribution in [0.5, 0.6) is 0 Å². The Kier molecular flexibility index (Phi) is 2.98. The van der Waals surface area contributed by atoms with Crippen molar-refractivity contribution < 1.29 is 14.0 Å². The minimum absolute atomic E-state index is 0.183. The van der Waals surface area contributed by atoms with Crippen LogP contribution < -0.4 is 5.73 Å². The fraction of sp³-hybridized carbons (Fsp3) is 0.300. The Hall–Kier alpha value is -1.89. The summed E-state index contributed by atoms with van der Waals surface area (Å²) in [4.78, 5) is 20.7. The molecule has 2 heterocycles. The smallest absolute Gasteiger partial charge is 0.382 e. The first-order chi connectivity index (χ1) is 9.15. The van der Waals surface area contributed by atoms with Crippen molar-refractivity contribution in [1.82, 2.24) is 19.5 Å². The number of nitrogens with zero attached hydrogens (tertiary/aromatic N) is 4. The fourth-order valence-electron chi connectivity index (χ4n) is 1.85. The van der Waals surface area contributed by atoms with Crippen LogP contribution in [-0.4, -0.2) is 31.0 Å². The van der Waals surface area contributed by atoms with Crippen molar-refractivity contribution >= 4 is 31.4 Å². The molecule has 0 radical (unpaired) electrons. The second-order valence-corrected chi connectivity index (χ2v) is 4.96. The van der Waals surface area contributed by atoms with E-state index in [-0.39, 0.29) is 12.5 Å². The molecule has 2 atom stereocenters. The molecule has 0 saturated heterocycles. The summed E-state index contributed by atoms with van der Waals surface area (Å²) in [5, 5.41) is 0. The highest BCUT2D eigenvalue weighted by Gasteiger charge is 2.33. The quantitative estimate of drug-likeness (QED) is 0.800. The molecule has 0 amide bonds. The molecule has 2 aromatic heterocycles. The molecule has 2 aromatic rings. The van der Waals surface area contributed by atoms with E-state index in [0.717, 1.165) is 12.0 Å². The molecule has 1 saturated carbocycles. The topological polar surface area (TPSA) is 116 Å². The molecule has 1 fully saturated rings. The molecule has 0 aromatic carbocycles. The van der Waals surface area contributed by atoms with Crippen LogP contribution in [0.25, 0.3) is 17.4 Å². The maximum atomic E-state index is 10.4. The van der Waals surface area contributed by atoms with Crippen molar-refractivity contribution in [3.05, 3.63) is 18.2 Å². The molecule has 1 aliphatic rings. The van der Waals surface area contributed by atoms with Crippen LogP contribution in [0.15, 0.2) is 18.2 Å². The maximum absolute atomic E-state index is 10.4. The van der Waals surface area contributed by atoms with Gasteiger partial charge in [-0.25, -0.2) is 15.0 Å². The van der Waals surface area contributed by atoms with Crippen molar-refractivity contribution in [2.75, 3.05) is 12.3 Å². The molecule has 3 N–H and O–H groups in total. The second kappa shape index (κ2) is 4.65. The molecular formula is C10H11N5O3P+. The molecule has 8 nitrogen and oxygen atoms in total. The number of fused-ring (bicyclic) bond motifs is 1. The number of rotatable bonds is 4. The van der Waals surface area contributed by atoms with Gasteiger partial charge in [-0.15, -0.1) is 9.42 Å². The predicted octanol–water partition coefficient (Wildman–Crippen LogP) is 0.936. The van der Waals surface area contributed by atoms with Crippen molar-refractivity contribution in [1.29, 1.82) is 0 Å². The molecular weight excluding hydrogens is 269 g/mol. The standard InChI is InChI=1S/C10H10N5O3P/c11-9-8-10(13-4-12-9)15(5-14-8)2-6-1-7(6)3-18-19(16)17/h2,4-5,7H,1,3H2,(H2-,11,12,13,16,17)/p+1/b6-2+. The van der Waals surface area contributed by atoms with Crippen LogP contribution in [0.1, 0.15) is 6.42 Å². The van der Waals surface area contributed by atoms with Gasteiger partial charge in [-0.2, -0.15) is 0 Å². The molecule has 19 heavy (non-hydrogen) atoms. The van der Waals surface area contributed by atoms with Gasteiger partial charge in [0, 0.05) is 16.7 Å². The van der Waals surface area contributed by atoms with E-state index in [0.29, 0.717) is 17.0 Å². The van der Waals surface area contributed by atoms with Gasteiger partial charge < -0.3 is 5.73 Å². The van der Waals surface area contributed by atoms with Crippen molar-refractivity contribution in [3.63, 3.8) is 0 Å². The third-order valence-corrected chi connectivity index (χ3v) is 3.29. The Balaban J connectivity index is 1.80. The highest BCUT2D eigenvalue weighted by molar-refractivity contribution is 7.32. The van der Waals surface area contributed by atoms with Gasteiger partial charge >= 0.3 is 8.25 Å². The second-order valence-electron chi connectivity index (χ2n) is 4.22. The molecule has 2 unspecified atom stereocenters. The molecule has 0 spiro atoms. The first-order valence-corrected chi connectivity index (χ1v) is 6.71. The average molecular weight is 280 g/mol. The summed E-state index contributed by atoms with van der Waals surface area (Å²) in [7, 11) is -2.53. The highest BCUT2D eigenvalue weighted by Crippen LogP contribution is 2.40. The van der Waals surface area contributed by atoms with E-state index in [1.54, 1.807) is 10.9 Å². The lowest BCUT2D eigenvalue weighted by Gasteiger charge is -1.95. The summed E-state index contributed by atoms with van der Waals surface area (Å²) in [6.45, 7) is 0.251. The summed E-state index contributed by atoms with van der Waals surface area (Å²) < 4.78 is 16.9. The van der Waals surface area contributed by atoms with E-state index in [1.165, 1.54) is 6.33 Å². The van der Waals surface area contributed by atoms with E-state index in [4.69, 9.17) is 10.6 Å². The number of aromatic nitrogens is 4. The zero-order valence-corrected chi connectivity index (χ0v) is 10.7. The van der Waals surface area contributed by atoms with Crippen molar-refractivity contribution in [2.45, 2.75) is 6.42 Å². The number of nitrogens with two attached hydrogens (primary N) is 1. The molecule has 1 aliphatic carbocycles. The third kappa shape index (κ3) is 2.46. The zero-order valence-electron chi connectivity index (χ0n) is 9.80. The number of hydrogen-bond acceptors (Lipinski definition) is 6. The van der Waals surface area contributed by atoms with Crippen molar-refractivity contribution in [2.24, 2.45) is 5.92 Å². The van der Waals surface area contributed by atoms with Gasteiger partial charge in [-0.1, -0.05) is 0 Å². The Labute approximate surface area is 108 Å². The highest BCUT2D eigenvalue weighted by atomic mass is 31.1. The maximum Gasteiger partial charge on any atom is 0.694 e. The first-order valence-electron chi connectivity index (χ1n) is 5.58.